The zero-order chi connectivity index (χ0) is 23.4. The van der Waals surface area contributed by atoms with Crippen LogP contribution in [-0.2, 0) is 16.9 Å². The molecule has 168 valence electrons. The van der Waals surface area contributed by atoms with Crippen LogP contribution in [0.3, 0.4) is 0 Å². The SMILES string of the molecule is N#CCNC(=O)C(O)NCc1ccccc1C(=O)NC1(c2ccc3ccccc3c2F)CC1. The van der Waals surface area contributed by atoms with E-state index < -0.39 is 17.7 Å². The Labute approximate surface area is 190 Å². The zero-order valence-electron chi connectivity index (χ0n) is 17.8. The van der Waals surface area contributed by atoms with Crippen molar-refractivity contribution in [2.45, 2.75) is 31.2 Å². The molecule has 3 aromatic rings. The number of hydrogen-bond acceptors (Lipinski definition) is 5. The van der Waals surface area contributed by atoms with E-state index in [1.54, 1.807) is 48.5 Å². The normalized spacial score (nSPS) is 14.8. The first-order valence-electron chi connectivity index (χ1n) is 10.6. The molecule has 1 aliphatic carbocycles. The van der Waals surface area contributed by atoms with Crippen LogP contribution in [-0.4, -0.2) is 29.7 Å². The minimum atomic E-state index is -1.53. The molecule has 0 aliphatic heterocycles. The molecule has 1 aliphatic rings. The summed E-state index contributed by atoms with van der Waals surface area (Å²) in [7, 11) is 0. The molecule has 4 rings (SSSR count). The van der Waals surface area contributed by atoms with Crippen molar-refractivity contribution < 1.29 is 19.1 Å². The molecule has 1 fully saturated rings. The summed E-state index contributed by atoms with van der Waals surface area (Å²) in [6.07, 6.45) is -0.269. The summed E-state index contributed by atoms with van der Waals surface area (Å²) in [5.41, 5.74) is 0.636. The molecule has 8 heteroatoms. The fraction of sp³-hybridized carbons (Fsp3) is 0.240. The van der Waals surface area contributed by atoms with Crippen molar-refractivity contribution >= 4 is 22.6 Å². The number of amides is 2. The van der Waals surface area contributed by atoms with E-state index in [2.05, 4.69) is 16.0 Å². The van der Waals surface area contributed by atoms with Gasteiger partial charge in [0.15, 0.2) is 6.23 Å². The molecule has 33 heavy (non-hydrogen) atoms. The van der Waals surface area contributed by atoms with Crippen LogP contribution in [0.1, 0.15) is 34.3 Å². The van der Waals surface area contributed by atoms with Gasteiger partial charge in [-0.1, -0.05) is 54.6 Å². The number of fused-ring (bicyclic) bond motifs is 1. The summed E-state index contributed by atoms with van der Waals surface area (Å²) >= 11 is 0. The van der Waals surface area contributed by atoms with Crippen molar-refractivity contribution in [1.82, 2.24) is 16.0 Å². The lowest BCUT2D eigenvalue weighted by molar-refractivity contribution is -0.130. The van der Waals surface area contributed by atoms with Crippen molar-refractivity contribution in [3.05, 3.63) is 83.2 Å². The van der Waals surface area contributed by atoms with Crippen LogP contribution in [0.5, 0.6) is 0 Å². The van der Waals surface area contributed by atoms with Gasteiger partial charge in [0.2, 0.25) is 0 Å². The Kier molecular flexibility index (Phi) is 6.36. The number of aliphatic hydroxyl groups excluding tert-OH is 1. The van der Waals surface area contributed by atoms with E-state index in [0.717, 1.165) is 5.39 Å². The number of hydrogen-bond donors (Lipinski definition) is 4. The van der Waals surface area contributed by atoms with Crippen LogP contribution in [0, 0.1) is 17.1 Å². The number of rotatable bonds is 8. The number of benzene rings is 3. The van der Waals surface area contributed by atoms with Gasteiger partial charge in [0.1, 0.15) is 12.4 Å². The highest BCUT2D eigenvalue weighted by molar-refractivity contribution is 5.96. The smallest absolute Gasteiger partial charge is 0.264 e. The van der Waals surface area contributed by atoms with Gasteiger partial charge in [0.25, 0.3) is 11.8 Å². The predicted molar refractivity (Wildman–Crippen MR) is 120 cm³/mol. The highest BCUT2D eigenvalue weighted by Crippen LogP contribution is 2.47. The second-order valence-corrected chi connectivity index (χ2v) is 8.00. The van der Waals surface area contributed by atoms with Crippen LogP contribution in [0.4, 0.5) is 4.39 Å². The summed E-state index contributed by atoms with van der Waals surface area (Å²) in [6.45, 7) is -0.175. The largest absolute Gasteiger partial charge is 0.370 e. The Bertz CT molecular complexity index is 1250. The quantitative estimate of drug-likeness (QED) is 0.314. The maximum absolute atomic E-state index is 15.3. The molecule has 0 aromatic heterocycles. The first-order chi connectivity index (χ1) is 15.9. The second-order valence-electron chi connectivity index (χ2n) is 8.00. The highest BCUT2D eigenvalue weighted by atomic mass is 19.1. The average molecular weight is 446 g/mol. The molecule has 1 atom stereocenters. The van der Waals surface area contributed by atoms with E-state index >= 15 is 4.39 Å². The predicted octanol–water partition coefficient (Wildman–Crippen LogP) is 2.45. The summed E-state index contributed by atoms with van der Waals surface area (Å²) in [6, 6.07) is 19.4. The van der Waals surface area contributed by atoms with E-state index in [9.17, 15) is 14.7 Å². The molecule has 0 saturated heterocycles. The average Bonchev–Trinajstić information content (AvgIpc) is 3.61. The fourth-order valence-electron chi connectivity index (χ4n) is 3.89. The van der Waals surface area contributed by atoms with Gasteiger partial charge in [0.05, 0.1) is 11.6 Å². The van der Waals surface area contributed by atoms with Gasteiger partial charge in [-0.2, -0.15) is 5.26 Å². The number of carbonyl (C=O) groups is 2. The molecule has 3 aromatic carbocycles. The fourth-order valence-corrected chi connectivity index (χ4v) is 3.89. The van der Waals surface area contributed by atoms with Crippen molar-refractivity contribution in [3.63, 3.8) is 0 Å². The molecular formula is C25H23FN4O3. The summed E-state index contributed by atoms with van der Waals surface area (Å²) in [4.78, 5) is 24.9. The Hall–Kier alpha value is -3.80. The Morgan fingerprint density at radius 1 is 1.09 bits per heavy atom. The van der Waals surface area contributed by atoms with Gasteiger partial charge in [-0.3, -0.25) is 14.9 Å². The Morgan fingerprint density at radius 3 is 2.58 bits per heavy atom. The molecule has 4 N–H and O–H groups in total. The Morgan fingerprint density at radius 2 is 1.82 bits per heavy atom. The van der Waals surface area contributed by atoms with Crippen molar-refractivity contribution in [2.75, 3.05) is 6.54 Å². The maximum Gasteiger partial charge on any atom is 0.264 e. The second kappa shape index (κ2) is 9.36. The van der Waals surface area contributed by atoms with Gasteiger partial charge in [0, 0.05) is 23.1 Å². The number of nitriles is 1. The summed E-state index contributed by atoms with van der Waals surface area (Å²) in [5.74, 6) is -1.42. The van der Waals surface area contributed by atoms with E-state index in [-0.39, 0.29) is 24.8 Å². The minimum absolute atomic E-state index is 0.0437. The number of halogens is 1. The molecule has 2 amide bonds. The third-order valence-electron chi connectivity index (χ3n) is 5.82. The molecule has 1 saturated carbocycles. The first-order valence-corrected chi connectivity index (χ1v) is 10.6. The topological polar surface area (TPSA) is 114 Å². The summed E-state index contributed by atoms with van der Waals surface area (Å²) in [5, 5.41) is 27.6. The third-order valence-corrected chi connectivity index (χ3v) is 5.82. The van der Waals surface area contributed by atoms with Crippen LogP contribution in [0.25, 0.3) is 10.8 Å². The number of aliphatic hydroxyl groups is 1. The van der Waals surface area contributed by atoms with Crippen LogP contribution < -0.4 is 16.0 Å². The summed E-state index contributed by atoms with van der Waals surface area (Å²) < 4.78 is 15.3. The standard InChI is InChI=1S/C25H23FN4O3/c26-21-18-7-3-1-5-16(18)9-10-20(21)25(11-12-25)30-22(31)19-8-4-2-6-17(19)15-29-24(33)23(32)28-14-13-27/h1-10,24,29,33H,11-12,14-15H2,(H,28,32)(H,30,31). The zero-order valence-corrected chi connectivity index (χ0v) is 17.8. The molecule has 7 nitrogen and oxygen atoms in total. The van der Waals surface area contributed by atoms with Gasteiger partial charge in [-0.15, -0.1) is 0 Å². The highest BCUT2D eigenvalue weighted by Gasteiger charge is 2.47. The molecule has 0 radical (unpaired) electrons. The van der Waals surface area contributed by atoms with Crippen molar-refractivity contribution in [1.29, 1.82) is 5.26 Å². The van der Waals surface area contributed by atoms with Crippen molar-refractivity contribution in [3.8, 4) is 6.07 Å². The molecule has 0 heterocycles. The van der Waals surface area contributed by atoms with Gasteiger partial charge < -0.3 is 15.7 Å². The van der Waals surface area contributed by atoms with Gasteiger partial charge in [-0.25, -0.2) is 4.39 Å². The van der Waals surface area contributed by atoms with Gasteiger partial charge in [-0.05, 0) is 29.9 Å². The monoisotopic (exact) mass is 446 g/mol. The van der Waals surface area contributed by atoms with Crippen LogP contribution in [0.15, 0.2) is 60.7 Å². The van der Waals surface area contributed by atoms with Gasteiger partial charge >= 0.3 is 0 Å². The number of nitrogens with one attached hydrogen (secondary N) is 3. The van der Waals surface area contributed by atoms with E-state index in [0.29, 0.717) is 34.9 Å². The number of nitrogens with zero attached hydrogens (tertiary/aromatic N) is 1. The lowest BCUT2D eigenvalue weighted by Gasteiger charge is -2.21. The van der Waals surface area contributed by atoms with E-state index in [1.807, 2.05) is 18.2 Å². The van der Waals surface area contributed by atoms with Crippen LogP contribution >= 0.6 is 0 Å². The molecule has 0 spiro atoms. The van der Waals surface area contributed by atoms with E-state index in [1.165, 1.54) is 0 Å². The third kappa shape index (κ3) is 4.70. The molecular weight excluding hydrogens is 423 g/mol. The number of carbonyl (C=O) groups excluding carboxylic acids is 2. The minimum Gasteiger partial charge on any atom is -0.370 e. The Balaban J connectivity index is 1.50. The lowest BCUT2D eigenvalue weighted by atomic mass is 9.98. The lowest BCUT2D eigenvalue weighted by Crippen LogP contribution is -2.44. The van der Waals surface area contributed by atoms with Crippen molar-refractivity contribution in [2.24, 2.45) is 0 Å². The van der Waals surface area contributed by atoms with E-state index in [4.69, 9.17) is 5.26 Å². The molecule has 1 unspecified atom stereocenters. The first kappa shape index (κ1) is 22.4. The molecule has 0 bridgehead atoms. The van der Waals surface area contributed by atoms with Crippen LogP contribution in [0.2, 0.25) is 0 Å². The maximum atomic E-state index is 15.3.